The number of alkyl halides is 6. The quantitative estimate of drug-likeness (QED) is 0.249. The summed E-state index contributed by atoms with van der Waals surface area (Å²) in [6, 6.07) is 11.5. The Kier molecular flexibility index (Phi) is 11.3. The number of halogens is 7. The number of thiophene rings is 1. The van der Waals surface area contributed by atoms with Gasteiger partial charge in [-0.25, -0.2) is 19.6 Å². The SMILES string of the molecule is Nc1ncnc2cc(CN3CCN(Cc4cc(-c5ccc(Cl)s5)on4)CC3=O)ccc12.O=C(O)C(F)(F)F.O=C(O)C(F)(F)F. The van der Waals surface area contributed by atoms with Gasteiger partial charge in [-0.15, -0.1) is 11.3 Å². The van der Waals surface area contributed by atoms with Crippen LogP contribution in [0.15, 0.2) is 47.2 Å². The molecule has 4 aromatic rings. The van der Waals surface area contributed by atoms with Crippen molar-refractivity contribution in [2.24, 2.45) is 0 Å². The highest BCUT2D eigenvalue weighted by molar-refractivity contribution is 7.19. The highest BCUT2D eigenvalue weighted by atomic mass is 35.5. The molecule has 4 heterocycles. The number of anilines is 1. The molecule has 1 fully saturated rings. The number of amides is 1. The number of aromatic nitrogens is 3. The number of piperazine rings is 1. The second-order valence-corrected chi connectivity index (χ2v) is 10.7. The highest BCUT2D eigenvalue weighted by Crippen LogP contribution is 2.31. The number of nitrogen functional groups attached to an aromatic ring is 1. The molecule has 1 saturated heterocycles. The van der Waals surface area contributed by atoms with Crippen LogP contribution < -0.4 is 5.73 Å². The predicted octanol–water partition coefficient (Wildman–Crippen LogP) is 4.69. The van der Waals surface area contributed by atoms with Crippen molar-refractivity contribution in [1.29, 1.82) is 0 Å². The van der Waals surface area contributed by atoms with Crippen LogP contribution in [0.3, 0.4) is 0 Å². The van der Waals surface area contributed by atoms with Gasteiger partial charge in [0.2, 0.25) is 5.91 Å². The molecule has 5 rings (SSSR count). The molecule has 45 heavy (non-hydrogen) atoms. The van der Waals surface area contributed by atoms with E-state index in [0.717, 1.165) is 33.6 Å². The van der Waals surface area contributed by atoms with Gasteiger partial charge >= 0.3 is 24.3 Å². The number of carboxylic acid groups (broad SMARTS) is 2. The molecule has 0 saturated carbocycles. The van der Waals surface area contributed by atoms with Crippen LogP contribution in [0.2, 0.25) is 4.34 Å². The molecular weight excluding hydrogens is 662 g/mol. The number of hydrogen-bond donors (Lipinski definition) is 3. The molecule has 1 amide bonds. The minimum absolute atomic E-state index is 0.0855. The third-order valence-electron chi connectivity index (χ3n) is 5.75. The van der Waals surface area contributed by atoms with E-state index < -0.39 is 24.3 Å². The zero-order valence-electron chi connectivity index (χ0n) is 22.5. The number of carbonyl (C=O) groups is 3. The number of rotatable bonds is 5. The molecule has 0 atom stereocenters. The smallest absolute Gasteiger partial charge is 0.475 e. The van der Waals surface area contributed by atoms with Crippen molar-refractivity contribution in [3.8, 4) is 10.6 Å². The largest absolute Gasteiger partial charge is 0.490 e. The summed E-state index contributed by atoms with van der Waals surface area (Å²) in [6.45, 7) is 2.86. The average molecular weight is 683 g/mol. The molecule has 0 bridgehead atoms. The van der Waals surface area contributed by atoms with E-state index in [-0.39, 0.29) is 5.91 Å². The summed E-state index contributed by atoms with van der Waals surface area (Å²) >= 11 is 7.44. The summed E-state index contributed by atoms with van der Waals surface area (Å²) < 4.78 is 69.6. The van der Waals surface area contributed by atoms with Crippen molar-refractivity contribution in [3.05, 3.63) is 58.3 Å². The molecule has 20 heteroatoms. The van der Waals surface area contributed by atoms with E-state index in [2.05, 4.69) is 20.0 Å². The number of nitrogens with two attached hydrogens (primary N) is 1. The predicted molar refractivity (Wildman–Crippen MR) is 147 cm³/mol. The summed E-state index contributed by atoms with van der Waals surface area (Å²) in [6.07, 6.45) is -8.71. The Morgan fingerprint density at radius 3 is 2.18 bits per heavy atom. The Bertz CT molecular complexity index is 1640. The average Bonchev–Trinajstić information content (AvgIpc) is 3.59. The van der Waals surface area contributed by atoms with Gasteiger partial charge in [0.1, 0.15) is 12.1 Å². The molecule has 242 valence electrons. The molecule has 1 aliphatic heterocycles. The normalized spacial score (nSPS) is 13.9. The maximum Gasteiger partial charge on any atom is 0.490 e. The van der Waals surface area contributed by atoms with Gasteiger partial charge in [0.05, 0.1) is 27.0 Å². The standard InChI is InChI=1S/C21H19ClN6O2S.2C2HF3O2/c22-19-4-3-18(31-19)17-8-14(26-30-17)10-27-5-6-28(20(29)11-27)9-13-1-2-15-16(7-13)24-12-25-21(15)23;2*3-2(4,5)1(6)7/h1-4,7-8,12H,5-6,9-11H2,(H2,23,24,25);2*(H,6,7). The lowest BCUT2D eigenvalue weighted by atomic mass is 10.1. The fourth-order valence-electron chi connectivity index (χ4n) is 3.68. The summed E-state index contributed by atoms with van der Waals surface area (Å²) in [5, 5.41) is 19.2. The van der Waals surface area contributed by atoms with Crippen LogP contribution in [0.1, 0.15) is 11.3 Å². The van der Waals surface area contributed by atoms with Gasteiger partial charge in [-0.3, -0.25) is 9.69 Å². The number of fused-ring (bicyclic) bond motifs is 1. The Labute approximate surface area is 257 Å². The fraction of sp³-hybridized carbons (Fsp3) is 0.280. The van der Waals surface area contributed by atoms with E-state index >= 15 is 0 Å². The van der Waals surface area contributed by atoms with E-state index in [1.807, 2.05) is 41.3 Å². The second-order valence-electron chi connectivity index (χ2n) is 9.03. The van der Waals surface area contributed by atoms with E-state index in [1.165, 1.54) is 17.7 Å². The Hall–Kier alpha value is -4.49. The van der Waals surface area contributed by atoms with E-state index in [0.29, 0.717) is 42.1 Å². The zero-order chi connectivity index (χ0) is 33.5. The summed E-state index contributed by atoms with van der Waals surface area (Å²) in [7, 11) is 0. The molecule has 3 aromatic heterocycles. The molecule has 1 aliphatic rings. The molecular formula is C25H21ClF6N6O6S. The van der Waals surface area contributed by atoms with Crippen LogP contribution in [-0.2, 0) is 27.5 Å². The van der Waals surface area contributed by atoms with Gasteiger partial charge in [0.15, 0.2) is 5.76 Å². The zero-order valence-corrected chi connectivity index (χ0v) is 24.0. The van der Waals surface area contributed by atoms with Gasteiger partial charge in [-0.05, 0) is 29.8 Å². The topological polar surface area (TPSA) is 176 Å². The van der Waals surface area contributed by atoms with E-state index in [9.17, 15) is 31.1 Å². The molecule has 0 unspecified atom stereocenters. The molecule has 4 N–H and O–H groups in total. The van der Waals surface area contributed by atoms with Crippen LogP contribution in [0.5, 0.6) is 0 Å². The lowest BCUT2D eigenvalue weighted by Crippen LogP contribution is -2.49. The Balaban J connectivity index is 0.000000331. The Morgan fingerprint density at radius 1 is 0.978 bits per heavy atom. The number of carboxylic acids is 2. The summed E-state index contributed by atoms with van der Waals surface area (Å²) in [5.41, 5.74) is 8.49. The van der Waals surface area contributed by atoms with Crippen molar-refractivity contribution in [2.75, 3.05) is 25.4 Å². The molecule has 1 aromatic carbocycles. The molecule has 0 aliphatic carbocycles. The first kappa shape index (κ1) is 35.0. The van der Waals surface area contributed by atoms with Crippen molar-refractivity contribution in [1.82, 2.24) is 24.9 Å². The number of benzene rings is 1. The maximum atomic E-state index is 12.7. The third kappa shape index (κ3) is 10.3. The van der Waals surface area contributed by atoms with Gasteiger partial charge < -0.3 is 25.4 Å². The van der Waals surface area contributed by atoms with Crippen molar-refractivity contribution < 1.29 is 55.5 Å². The first-order valence-electron chi connectivity index (χ1n) is 12.2. The van der Waals surface area contributed by atoms with Gasteiger partial charge in [0, 0.05) is 37.6 Å². The molecule has 0 spiro atoms. The first-order valence-corrected chi connectivity index (χ1v) is 13.4. The number of nitrogens with zero attached hydrogens (tertiary/aromatic N) is 5. The van der Waals surface area contributed by atoms with Crippen molar-refractivity contribution in [3.63, 3.8) is 0 Å². The third-order valence-corrected chi connectivity index (χ3v) is 6.99. The van der Waals surface area contributed by atoms with Crippen LogP contribution in [0.4, 0.5) is 32.2 Å². The number of hydrogen-bond acceptors (Lipinski definition) is 10. The van der Waals surface area contributed by atoms with Gasteiger partial charge in [-0.1, -0.05) is 22.8 Å². The van der Waals surface area contributed by atoms with E-state index in [1.54, 1.807) is 0 Å². The van der Waals surface area contributed by atoms with Crippen LogP contribution in [0, 0.1) is 0 Å². The highest BCUT2D eigenvalue weighted by Gasteiger charge is 2.39. The lowest BCUT2D eigenvalue weighted by molar-refractivity contribution is -0.193. The number of carbonyl (C=O) groups excluding carboxylic acids is 1. The summed E-state index contributed by atoms with van der Waals surface area (Å²) in [4.78, 5) is 43.7. The summed E-state index contributed by atoms with van der Waals surface area (Å²) in [5.74, 6) is -4.28. The number of aliphatic carboxylic acids is 2. The van der Waals surface area contributed by atoms with Crippen LogP contribution >= 0.6 is 22.9 Å². The maximum absolute atomic E-state index is 12.7. The minimum atomic E-state index is -5.08. The monoisotopic (exact) mass is 682 g/mol. The van der Waals surface area contributed by atoms with Gasteiger partial charge in [0.25, 0.3) is 0 Å². The van der Waals surface area contributed by atoms with Crippen LogP contribution in [-0.4, -0.2) is 85.0 Å². The Morgan fingerprint density at radius 2 is 1.62 bits per heavy atom. The second kappa shape index (κ2) is 14.5. The van der Waals surface area contributed by atoms with E-state index in [4.69, 9.17) is 41.7 Å². The fourth-order valence-corrected chi connectivity index (χ4v) is 4.67. The lowest BCUT2D eigenvalue weighted by Gasteiger charge is -2.34. The molecule has 12 nitrogen and oxygen atoms in total. The molecule has 0 radical (unpaired) electrons. The van der Waals surface area contributed by atoms with Crippen molar-refractivity contribution >= 4 is 57.5 Å². The van der Waals surface area contributed by atoms with Crippen molar-refractivity contribution in [2.45, 2.75) is 25.4 Å². The van der Waals surface area contributed by atoms with Gasteiger partial charge in [-0.2, -0.15) is 26.3 Å². The minimum Gasteiger partial charge on any atom is -0.475 e. The van der Waals surface area contributed by atoms with Crippen LogP contribution in [0.25, 0.3) is 21.5 Å². The first-order chi connectivity index (χ1) is 20.9.